The lowest BCUT2D eigenvalue weighted by Gasteiger charge is -2.07. The number of benzene rings is 1. The first kappa shape index (κ1) is 13.9. The van der Waals surface area contributed by atoms with E-state index in [0.29, 0.717) is 6.42 Å². The van der Waals surface area contributed by atoms with Gasteiger partial charge < -0.3 is 11.1 Å². The van der Waals surface area contributed by atoms with Crippen LogP contribution in [-0.2, 0) is 6.42 Å². The van der Waals surface area contributed by atoms with Gasteiger partial charge in [-0.25, -0.2) is 8.78 Å². The van der Waals surface area contributed by atoms with Gasteiger partial charge in [-0.05, 0) is 24.3 Å². The van der Waals surface area contributed by atoms with Crippen molar-refractivity contribution in [2.45, 2.75) is 6.42 Å². The number of carbonyl (C=O) groups is 1. The van der Waals surface area contributed by atoms with Gasteiger partial charge in [0.25, 0.3) is 5.91 Å². The number of halogens is 2. The lowest BCUT2D eigenvalue weighted by molar-refractivity contribution is 0.0949. The van der Waals surface area contributed by atoms with E-state index in [9.17, 15) is 13.6 Å². The van der Waals surface area contributed by atoms with E-state index in [2.05, 4.69) is 10.3 Å². The van der Waals surface area contributed by atoms with Gasteiger partial charge in [-0.3, -0.25) is 9.78 Å². The van der Waals surface area contributed by atoms with Crippen LogP contribution < -0.4 is 11.1 Å². The second-order valence-corrected chi connectivity index (χ2v) is 4.18. The Morgan fingerprint density at radius 3 is 2.80 bits per heavy atom. The molecule has 104 valence electrons. The summed E-state index contributed by atoms with van der Waals surface area (Å²) in [6, 6.07) is 7.08. The minimum atomic E-state index is -0.915. The van der Waals surface area contributed by atoms with Crippen LogP contribution in [0.5, 0.6) is 0 Å². The highest BCUT2D eigenvalue weighted by Crippen LogP contribution is 2.17. The Morgan fingerprint density at radius 1 is 1.30 bits per heavy atom. The SMILES string of the molecule is Nc1cc(F)cc(C(=O)NCCc2ccccn2)c1F. The molecule has 3 N–H and O–H groups in total. The lowest BCUT2D eigenvalue weighted by atomic mass is 10.1. The molecule has 1 amide bonds. The highest BCUT2D eigenvalue weighted by atomic mass is 19.1. The summed E-state index contributed by atoms with van der Waals surface area (Å²) in [7, 11) is 0. The summed E-state index contributed by atoms with van der Waals surface area (Å²) in [5, 5.41) is 2.50. The van der Waals surface area contributed by atoms with Crippen molar-refractivity contribution in [2.24, 2.45) is 0 Å². The molecule has 0 aliphatic rings. The zero-order valence-electron chi connectivity index (χ0n) is 10.6. The molecule has 0 unspecified atom stereocenters. The average Bonchev–Trinajstić information content (AvgIpc) is 2.44. The van der Waals surface area contributed by atoms with Gasteiger partial charge in [-0.2, -0.15) is 0 Å². The normalized spacial score (nSPS) is 10.3. The van der Waals surface area contributed by atoms with Crippen molar-refractivity contribution in [1.29, 1.82) is 0 Å². The first-order chi connectivity index (χ1) is 9.58. The minimum Gasteiger partial charge on any atom is -0.396 e. The Hall–Kier alpha value is -2.50. The van der Waals surface area contributed by atoms with Crippen LogP contribution in [0.3, 0.4) is 0 Å². The molecule has 0 bridgehead atoms. The molecule has 1 aromatic carbocycles. The van der Waals surface area contributed by atoms with Crippen molar-refractivity contribution in [3.8, 4) is 0 Å². The van der Waals surface area contributed by atoms with Crippen LogP contribution in [0, 0.1) is 11.6 Å². The van der Waals surface area contributed by atoms with Gasteiger partial charge in [0.05, 0.1) is 11.3 Å². The maximum Gasteiger partial charge on any atom is 0.254 e. The number of amides is 1. The fourth-order valence-electron chi connectivity index (χ4n) is 1.72. The Bertz CT molecular complexity index is 617. The van der Waals surface area contributed by atoms with Gasteiger partial charge in [-0.1, -0.05) is 6.07 Å². The van der Waals surface area contributed by atoms with E-state index in [1.54, 1.807) is 12.3 Å². The summed E-state index contributed by atoms with van der Waals surface area (Å²) in [5.74, 6) is -2.37. The van der Waals surface area contributed by atoms with E-state index in [1.807, 2.05) is 12.1 Å². The number of hydrogen-bond donors (Lipinski definition) is 2. The van der Waals surface area contributed by atoms with Crippen LogP contribution in [0.4, 0.5) is 14.5 Å². The van der Waals surface area contributed by atoms with E-state index >= 15 is 0 Å². The fourth-order valence-corrected chi connectivity index (χ4v) is 1.72. The number of nitrogens with one attached hydrogen (secondary N) is 1. The molecule has 2 rings (SSSR count). The van der Waals surface area contributed by atoms with Crippen LogP contribution in [0.2, 0.25) is 0 Å². The number of hydrogen-bond acceptors (Lipinski definition) is 3. The van der Waals surface area contributed by atoms with Crippen molar-refractivity contribution >= 4 is 11.6 Å². The van der Waals surface area contributed by atoms with Crippen LogP contribution in [-0.4, -0.2) is 17.4 Å². The van der Waals surface area contributed by atoms with Crippen molar-refractivity contribution in [2.75, 3.05) is 12.3 Å². The Balaban J connectivity index is 1.99. The van der Waals surface area contributed by atoms with Gasteiger partial charge in [0.2, 0.25) is 0 Å². The number of nitrogen functional groups attached to an aromatic ring is 1. The number of nitrogens with two attached hydrogens (primary N) is 1. The number of rotatable bonds is 4. The number of anilines is 1. The average molecular weight is 277 g/mol. The molecule has 4 nitrogen and oxygen atoms in total. The molecule has 0 aliphatic carbocycles. The summed E-state index contributed by atoms with van der Waals surface area (Å²) in [5.41, 5.74) is 5.28. The van der Waals surface area contributed by atoms with E-state index in [4.69, 9.17) is 5.73 Å². The monoisotopic (exact) mass is 277 g/mol. The molecule has 0 aliphatic heterocycles. The minimum absolute atomic E-state index is 0.270. The molecule has 0 saturated heterocycles. The molecule has 6 heteroatoms. The summed E-state index contributed by atoms with van der Waals surface area (Å²) >= 11 is 0. The van der Waals surface area contributed by atoms with Gasteiger partial charge >= 0.3 is 0 Å². The predicted molar refractivity (Wildman–Crippen MR) is 71.0 cm³/mol. The Morgan fingerprint density at radius 2 is 2.10 bits per heavy atom. The van der Waals surface area contributed by atoms with Crippen LogP contribution in [0.15, 0.2) is 36.5 Å². The van der Waals surface area contributed by atoms with Crippen molar-refractivity contribution in [3.05, 3.63) is 59.4 Å². The molecule has 0 atom stereocenters. The molecule has 2 aromatic rings. The first-order valence-electron chi connectivity index (χ1n) is 6.00. The molecule has 0 radical (unpaired) electrons. The summed E-state index contributed by atoms with van der Waals surface area (Å²) in [6.45, 7) is 0.270. The summed E-state index contributed by atoms with van der Waals surface area (Å²) in [6.07, 6.45) is 2.14. The maximum atomic E-state index is 13.6. The summed E-state index contributed by atoms with van der Waals surface area (Å²) in [4.78, 5) is 15.9. The van der Waals surface area contributed by atoms with Crippen molar-refractivity contribution < 1.29 is 13.6 Å². The fraction of sp³-hybridized carbons (Fsp3) is 0.143. The lowest BCUT2D eigenvalue weighted by Crippen LogP contribution is -2.27. The number of carbonyl (C=O) groups excluding carboxylic acids is 1. The molecule has 0 fully saturated rings. The zero-order chi connectivity index (χ0) is 14.5. The van der Waals surface area contributed by atoms with Crippen LogP contribution >= 0.6 is 0 Å². The smallest absolute Gasteiger partial charge is 0.254 e. The molecular formula is C14H13F2N3O. The standard InChI is InChI=1S/C14H13F2N3O/c15-9-7-11(13(16)12(17)8-9)14(20)19-6-4-10-3-1-2-5-18-10/h1-3,5,7-8H,4,6,17H2,(H,19,20). The Kier molecular flexibility index (Phi) is 4.24. The van der Waals surface area contributed by atoms with Crippen LogP contribution in [0.1, 0.15) is 16.1 Å². The highest BCUT2D eigenvalue weighted by Gasteiger charge is 2.15. The molecule has 0 saturated carbocycles. The molecule has 20 heavy (non-hydrogen) atoms. The van der Waals surface area contributed by atoms with Crippen molar-refractivity contribution in [3.63, 3.8) is 0 Å². The van der Waals surface area contributed by atoms with E-state index in [1.165, 1.54) is 0 Å². The van der Waals surface area contributed by atoms with E-state index in [0.717, 1.165) is 17.8 Å². The van der Waals surface area contributed by atoms with Crippen LogP contribution in [0.25, 0.3) is 0 Å². The second kappa shape index (κ2) is 6.10. The molecule has 0 spiro atoms. The number of aromatic nitrogens is 1. The van der Waals surface area contributed by atoms with E-state index < -0.39 is 23.1 Å². The first-order valence-corrected chi connectivity index (χ1v) is 6.00. The largest absolute Gasteiger partial charge is 0.396 e. The van der Waals surface area contributed by atoms with Crippen molar-refractivity contribution in [1.82, 2.24) is 10.3 Å². The number of nitrogens with zero attached hydrogens (tertiary/aromatic N) is 1. The third-order valence-electron chi connectivity index (χ3n) is 2.70. The maximum absolute atomic E-state index is 13.6. The zero-order valence-corrected chi connectivity index (χ0v) is 10.6. The molecular weight excluding hydrogens is 264 g/mol. The van der Waals surface area contributed by atoms with Gasteiger partial charge in [0.15, 0.2) is 5.82 Å². The highest BCUT2D eigenvalue weighted by molar-refractivity contribution is 5.95. The third-order valence-corrected chi connectivity index (χ3v) is 2.70. The summed E-state index contributed by atoms with van der Waals surface area (Å²) < 4.78 is 26.7. The predicted octanol–water partition coefficient (Wildman–Crippen LogP) is 1.91. The molecule has 1 heterocycles. The quantitative estimate of drug-likeness (QED) is 0.839. The van der Waals surface area contributed by atoms with Gasteiger partial charge in [0.1, 0.15) is 5.82 Å². The second-order valence-electron chi connectivity index (χ2n) is 4.18. The van der Waals surface area contributed by atoms with E-state index in [-0.39, 0.29) is 12.2 Å². The Labute approximate surface area is 114 Å². The topological polar surface area (TPSA) is 68.0 Å². The molecule has 1 aromatic heterocycles. The third kappa shape index (κ3) is 3.28. The number of pyridine rings is 1. The van der Waals surface area contributed by atoms with Gasteiger partial charge in [-0.15, -0.1) is 0 Å². The van der Waals surface area contributed by atoms with Gasteiger partial charge in [0, 0.05) is 24.9 Å².